The molecule has 128 valence electrons. The lowest BCUT2D eigenvalue weighted by atomic mass is 9.97. The quantitative estimate of drug-likeness (QED) is 0.768. The number of nitrogens with two attached hydrogens (primary N) is 1. The maximum atomic E-state index is 14.6. The first-order chi connectivity index (χ1) is 11.4. The highest BCUT2D eigenvalue weighted by Gasteiger charge is 2.48. The van der Waals surface area contributed by atoms with E-state index in [2.05, 4.69) is 4.98 Å². The Hall–Kier alpha value is -1.90. The number of rotatable bonds is 3. The van der Waals surface area contributed by atoms with Crippen LogP contribution in [0.4, 0.5) is 10.2 Å². The number of halogens is 1. The second-order valence-corrected chi connectivity index (χ2v) is 7.07. The number of aliphatic hydroxyl groups excluding tert-OH is 2. The molecule has 1 fully saturated rings. The molecule has 1 saturated heterocycles. The third kappa shape index (κ3) is 2.92. The monoisotopic (exact) mass is 351 g/mol. The van der Waals surface area contributed by atoms with Crippen LogP contribution in [0.25, 0.3) is 0 Å². The van der Waals surface area contributed by atoms with E-state index in [-0.39, 0.29) is 5.82 Å². The summed E-state index contributed by atoms with van der Waals surface area (Å²) in [4.78, 5) is 15.5. The number of anilines is 1. The SMILES string of the molecule is Cc1ccccc1C(O)[C@H]1S[C@@H](n2ccc(N)nc2=O)[C@@H](F)[C@@H]1O. The number of nitrogens with zero attached hydrogens (tertiary/aromatic N) is 2. The molecular formula is C16H18FN3O3S. The van der Waals surface area contributed by atoms with Gasteiger partial charge in [-0.15, -0.1) is 11.8 Å². The number of thioether (sulfide) groups is 1. The van der Waals surface area contributed by atoms with Crippen molar-refractivity contribution in [3.63, 3.8) is 0 Å². The van der Waals surface area contributed by atoms with Gasteiger partial charge in [0.15, 0.2) is 6.17 Å². The van der Waals surface area contributed by atoms with E-state index in [1.54, 1.807) is 12.1 Å². The Bertz CT molecular complexity index is 800. The van der Waals surface area contributed by atoms with Crippen LogP contribution in [0.1, 0.15) is 22.6 Å². The number of hydrogen-bond acceptors (Lipinski definition) is 6. The zero-order chi connectivity index (χ0) is 17.4. The van der Waals surface area contributed by atoms with Gasteiger partial charge in [-0.3, -0.25) is 4.57 Å². The summed E-state index contributed by atoms with van der Waals surface area (Å²) >= 11 is 1.02. The summed E-state index contributed by atoms with van der Waals surface area (Å²) < 4.78 is 15.7. The van der Waals surface area contributed by atoms with Crippen molar-refractivity contribution in [1.29, 1.82) is 0 Å². The van der Waals surface area contributed by atoms with Gasteiger partial charge in [0.05, 0.1) is 11.4 Å². The zero-order valence-electron chi connectivity index (χ0n) is 12.9. The van der Waals surface area contributed by atoms with Crippen molar-refractivity contribution in [2.75, 3.05) is 5.73 Å². The number of aliphatic hydroxyl groups is 2. The van der Waals surface area contributed by atoms with Gasteiger partial charge in [0.1, 0.15) is 17.3 Å². The summed E-state index contributed by atoms with van der Waals surface area (Å²) in [6, 6.07) is 8.58. The second-order valence-electron chi connectivity index (χ2n) is 5.77. The van der Waals surface area contributed by atoms with E-state index in [9.17, 15) is 19.4 Å². The van der Waals surface area contributed by atoms with E-state index in [1.807, 2.05) is 19.1 Å². The highest BCUT2D eigenvalue weighted by atomic mass is 32.2. The minimum atomic E-state index is -1.71. The standard InChI is InChI=1S/C16H18FN3O3S/c1-8-4-2-3-5-9(8)12(21)14-13(22)11(17)15(24-14)20-7-6-10(18)19-16(20)23/h2-7,11-15,21-22H,1H3,(H2,18,19,23)/t11-,12?,13-,14+,15+/m0/s1. The molecule has 4 N–H and O–H groups in total. The smallest absolute Gasteiger partial charge is 0.350 e. The van der Waals surface area contributed by atoms with Gasteiger partial charge in [0, 0.05) is 6.20 Å². The molecule has 0 aliphatic carbocycles. The van der Waals surface area contributed by atoms with E-state index < -0.39 is 34.7 Å². The maximum Gasteiger partial charge on any atom is 0.350 e. The van der Waals surface area contributed by atoms with Gasteiger partial charge in [-0.2, -0.15) is 4.98 Å². The zero-order valence-corrected chi connectivity index (χ0v) is 13.7. The minimum Gasteiger partial charge on any atom is -0.389 e. The fraction of sp³-hybridized carbons (Fsp3) is 0.375. The Kier molecular flexibility index (Phi) is 4.62. The largest absolute Gasteiger partial charge is 0.389 e. The van der Waals surface area contributed by atoms with E-state index in [4.69, 9.17) is 5.73 Å². The number of alkyl halides is 1. The Morgan fingerprint density at radius 2 is 2.08 bits per heavy atom. The van der Waals surface area contributed by atoms with E-state index in [0.29, 0.717) is 5.56 Å². The van der Waals surface area contributed by atoms with Crippen molar-refractivity contribution >= 4 is 17.6 Å². The molecule has 0 saturated carbocycles. The van der Waals surface area contributed by atoms with Crippen LogP contribution in [0.15, 0.2) is 41.3 Å². The van der Waals surface area contributed by atoms with Crippen molar-refractivity contribution in [3.8, 4) is 0 Å². The van der Waals surface area contributed by atoms with Gasteiger partial charge in [-0.25, -0.2) is 9.18 Å². The summed E-state index contributed by atoms with van der Waals surface area (Å²) in [6.45, 7) is 1.84. The lowest BCUT2D eigenvalue weighted by molar-refractivity contribution is 0.0385. The van der Waals surface area contributed by atoms with Gasteiger partial charge in [-0.1, -0.05) is 24.3 Å². The van der Waals surface area contributed by atoms with Crippen LogP contribution in [0, 0.1) is 6.92 Å². The Labute approximate surface area is 142 Å². The van der Waals surface area contributed by atoms with Gasteiger partial charge in [-0.05, 0) is 24.1 Å². The van der Waals surface area contributed by atoms with E-state index in [1.165, 1.54) is 12.3 Å². The molecule has 0 bridgehead atoms. The van der Waals surface area contributed by atoms with Crippen molar-refractivity contribution in [2.24, 2.45) is 0 Å². The number of hydrogen-bond donors (Lipinski definition) is 3. The molecule has 1 unspecified atom stereocenters. The van der Waals surface area contributed by atoms with Crippen LogP contribution < -0.4 is 11.4 Å². The molecule has 2 aromatic rings. The van der Waals surface area contributed by atoms with Crippen LogP contribution in [0.3, 0.4) is 0 Å². The fourth-order valence-corrected chi connectivity index (χ4v) is 4.39. The normalized spacial score (nSPS) is 28.0. The minimum absolute atomic E-state index is 0.0479. The molecule has 1 aromatic heterocycles. The van der Waals surface area contributed by atoms with Gasteiger partial charge >= 0.3 is 5.69 Å². The molecular weight excluding hydrogens is 333 g/mol. The molecule has 0 spiro atoms. The predicted octanol–water partition coefficient (Wildman–Crippen LogP) is 1.18. The molecule has 1 aromatic carbocycles. The third-order valence-corrected chi connectivity index (χ3v) is 5.79. The summed E-state index contributed by atoms with van der Waals surface area (Å²) in [5.74, 6) is 0.0479. The summed E-state index contributed by atoms with van der Waals surface area (Å²) in [5.41, 5.74) is 6.23. The summed E-state index contributed by atoms with van der Waals surface area (Å²) in [6.07, 6.45) is -2.81. The first-order valence-electron chi connectivity index (χ1n) is 7.46. The van der Waals surface area contributed by atoms with Crippen LogP contribution in [0.5, 0.6) is 0 Å². The summed E-state index contributed by atoms with van der Waals surface area (Å²) in [7, 11) is 0. The van der Waals surface area contributed by atoms with Crippen LogP contribution >= 0.6 is 11.8 Å². The molecule has 0 amide bonds. The van der Waals surface area contributed by atoms with E-state index >= 15 is 0 Å². The first kappa shape index (κ1) is 16.9. The molecule has 1 aliphatic heterocycles. The molecule has 6 nitrogen and oxygen atoms in total. The molecule has 2 heterocycles. The van der Waals surface area contributed by atoms with Crippen LogP contribution in [0.2, 0.25) is 0 Å². The van der Waals surface area contributed by atoms with E-state index in [0.717, 1.165) is 21.9 Å². The topological polar surface area (TPSA) is 101 Å². The maximum absolute atomic E-state index is 14.6. The molecule has 5 atom stereocenters. The fourth-order valence-electron chi connectivity index (χ4n) is 2.86. The molecule has 1 aliphatic rings. The van der Waals surface area contributed by atoms with Crippen molar-refractivity contribution in [2.45, 2.75) is 35.9 Å². The first-order valence-corrected chi connectivity index (χ1v) is 8.40. The lowest BCUT2D eigenvalue weighted by Crippen LogP contribution is -2.34. The number of benzene rings is 1. The van der Waals surface area contributed by atoms with Crippen molar-refractivity contribution in [3.05, 3.63) is 58.1 Å². The van der Waals surface area contributed by atoms with Gasteiger partial charge in [0.2, 0.25) is 0 Å². The highest BCUT2D eigenvalue weighted by molar-refractivity contribution is 8.00. The van der Waals surface area contributed by atoms with Crippen LogP contribution in [-0.4, -0.2) is 37.3 Å². The van der Waals surface area contributed by atoms with Crippen molar-refractivity contribution < 1.29 is 14.6 Å². The van der Waals surface area contributed by atoms with Gasteiger partial charge < -0.3 is 15.9 Å². The molecule has 3 rings (SSSR count). The third-order valence-electron chi connectivity index (χ3n) is 4.18. The Morgan fingerprint density at radius 3 is 2.75 bits per heavy atom. The average Bonchev–Trinajstić information content (AvgIpc) is 2.83. The second kappa shape index (κ2) is 6.54. The molecule has 24 heavy (non-hydrogen) atoms. The lowest BCUT2D eigenvalue weighted by Gasteiger charge is -2.22. The average molecular weight is 351 g/mol. The number of nitrogen functional groups attached to an aromatic ring is 1. The highest BCUT2D eigenvalue weighted by Crippen LogP contribution is 2.47. The number of aryl methyl sites for hydroxylation is 1. The van der Waals surface area contributed by atoms with Crippen molar-refractivity contribution in [1.82, 2.24) is 9.55 Å². The van der Waals surface area contributed by atoms with Gasteiger partial charge in [0.25, 0.3) is 0 Å². The number of aromatic nitrogens is 2. The molecule has 8 heteroatoms. The predicted molar refractivity (Wildman–Crippen MR) is 90.4 cm³/mol. The Morgan fingerprint density at radius 1 is 1.38 bits per heavy atom. The van der Waals surface area contributed by atoms with Crippen LogP contribution in [-0.2, 0) is 0 Å². The Balaban J connectivity index is 1.90. The summed E-state index contributed by atoms with van der Waals surface area (Å²) in [5, 5.41) is 19.1. The molecule has 0 radical (unpaired) electrons.